The molecule has 0 spiro atoms. The minimum absolute atomic E-state index is 0.206. The van der Waals surface area contributed by atoms with E-state index in [9.17, 15) is 4.79 Å². The highest BCUT2D eigenvalue weighted by Crippen LogP contribution is 2.16. The summed E-state index contributed by atoms with van der Waals surface area (Å²) in [6, 6.07) is 8.11. The second-order valence-electron chi connectivity index (χ2n) is 4.06. The van der Waals surface area contributed by atoms with Crippen molar-refractivity contribution in [3.63, 3.8) is 0 Å². The molecule has 1 atom stereocenters. The van der Waals surface area contributed by atoms with Crippen LogP contribution in [0.1, 0.15) is 25.5 Å². The minimum Gasteiger partial charge on any atom is -0.497 e. The first kappa shape index (κ1) is 15.2. The predicted octanol–water partition coefficient (Wildman–Crippen LogP) is 2.47. The van der Waals surface area contributed by atoms with E-state index < -0.39 is 0 Å². The van der Waals surface area contributed by atoms with Crippen LogP contribution in [0.4, 0.5) is 0 Å². The van der Waals surface area contributed by atoms with Crippen molar-refractivity contribution in [1.29, 1.82) is 0 Å². The van der Waals surface area contributed by atoms with E-state index in [1.54, 1.807) is 20.1 Å². The standard InChI is InChI=1S/C15H21NO3/c1-4-19-15(17)6-5-11-16-12(2)13-7-9-14(18-3)10-8-13/h5-10,12,16H,4,11H2,1-3H3/b6-5+. The Labute approximate surface area is 114 Å². The predicted molar refractivity (Wildman–Crippen MR) is 75.2 cm³/mol. The Hall–Kier alpha value is -1.81. The molecule has 1 N–H and O–H groups in total. The summed E-state index contributed by atoms with van der Waals surface area (Å²) < 4.78 is 9.91. The maximum absolute atomic E-state index is 11.1. The summed E-state index contributed by atoms with van der Waals surface area (Å²) in [6.45, 7) is 4.88. The Morgan fingerprint density at radius 2 is 2.05 bits per heavy atom. The molecule has 0 aromatic heterocycles. The molecule has 4 heteroatoms. The quantitative estimate of drug-likeness (QED) is 0.606. The molecule has 0 aliphatic heterocycles. The molecular weight excluding hydrogens is 242 g/mol. The lowest BCUT2D eigenvalue weighted by atomic mass is 10.1. The van der Waals surface area contributed by atoms with E-state index >= 15 is 0 Å². The normalized spacial score (nSPS) is 12.4. The fraction of sp³-hybridized carbons (Fsp3) is 0.400. The molecule has 0 saturated carbocycles. The highest BCUT2D eigenvalue weighted by atomic mass is 16.5. The number of carbonyl (C=O) groups is 1. The molecule has 0 amide bonds. The SMILES string of the molecule is CCOC(=O)/C=C/CNC(C)c1ccc(OC)cc1. The fourth-order valence-electron chi connectivity index (χ4n) is 1.60. The van der Waals surface area contributed by atoms with Crippen LogP contribution < -0.4 is 10.1 Å². The summed E-state index contributed by atoms with van der Waals surface area (Å²) in [4.78, 5) is 11.1. The van der Waals surface area contributed by atoms with Crippen LogP contribution in [0.5, 0.6) is 5.75 Å². The zero-order chi connectivity index (χ0) is 14.1. The first-order chi connectivity index (χ1) is 9.17. The average molecular weight is 263 g/mol. The van der Waals surface area contributed by atoms with Crippen LogP contribution in [-0.4, -0.2) is 26.2 Å². The lowest BCUT2D eigenvalue weighted by Crippen LogP contribution is -2.18. The molecule has 1 unspecified atom stereocenters. The third kappa shape index (κ3) is 5.57. The summed E-state index contributed by atoms with van der Waals surface area (Å²) in [5.41, 5.74) is 1.17. The molecule has 1 rings (SSSR count). The van der Waals surface area contributed by atoms with E-state index in [0.717, 1.165) is 5.75 Å². The van der Waals surface area contributed by atoms with Gasteiger partial charge in [0.1, 0.15) is 5.75 Å². The zero-order valence-electron chi connectivity index (χ0n) is 11.7. The molecule has 19 heavy (non-hydrogen) atoms. The van der Waals surface area contributed by atoms with Crippen molar-refractivity contribution in [3.05, 3.63) is 42.0 Å². The maximum atomic E-state index is 11.1. The van der Waals surface area contributed by atoms with Crippen LogP contribution in [0.25, 0.3) is 0 Å². The first-order valence-corrected chi connectivity index (χ1v) is 6.38. The molecule has 0 saturated heterocycles. The van der Waals surface area contributed by atoms with Crippen molar-refractivity contribution in [2.45, 2.75) is 19.9 Å². The van der Waals surface area contributed by atoms with Gasteiger partial charge >= 0.3 is 5.97 Å². The van der Waals surface area contributed by atoms with E-state index in [2.05, 4.69) is 12.2 Å². The minimum atomic E-state index is -0.304. The van der Waals surface area contributed by atoms with Crippen molar-refractivity contribution in [2.24, 2.45) is 0 Å². The summed E-state index contributed by atoms with van der Waals surface area (Å²) in [5.74, 6) is 0.541. The molecule has 0 fully saturated rings. The van der Waals surface area contributed by atoms with Crippen LogP contribution in [0.15, 0.2) is 36.4 Å². The largest absolute Gasteiger partial charge is 0.497 e. The van der Waals surface area contributed by atoms with Gasteiger partial charge in [-0.2, -0.15) is 0 Å². The molecular formula is C15H21NO3. The Morgan fingerprint density at radius 1 is 1.37 bits per heavy atom. The number of hydrogen-bond donors (Lipinski definition) is 1. The summed E-state index contributed by atoms with van der Waals surface area (Å²) in [7, 11) is 1.65. The number of rotatable bonds is 7. The van der Waals surface area contributed by atoms with Gasteiger partial charge in [0, 0.05) is 18.7 Å². The van der Waals surface area contributed by atoms with Gasteiger partial charge in [0.15, 0.2) is 0 Å². The van der Waals surface area contributed by atoms with E-state index in [-0.39, 0.29) is 12.0 Å². The Kier molecular flexibility index (Phi) is 6.68. The molecule has 0 bridgehead atoms. The Morgan fingerprint density at radius 3 is 2.63 bits per heavy atom. The highest BCUT2D eigenvalue weighted by molar-refractivity contribution is 5.81. The summed E-state index contributed by atoms with van der Waals surface area (Å²) in [6.07, 6.45) is 3.20. The van der Waals surface area contributed by atoms with Gasteiger partial charge in [0.25, 0.3) is 0 Å². The van der Waals surface area contributed by atoms with Gasteiger partial charge in [-0.1, -0.05) is 18.2 Å². The second-order valence-corrected chi connectivity index (χ2v) is 4.06. The van der Waals surface area contributed by atoms with Crippen molar-refractivity contribution >= 4 is 5.97 Å². The van der Waals surface area contributed by atoms with Gasteiger partial charge in [-0.05, 0) is 31.5 Å². The molecule has 0 radical (unpaired) electrons. The number of nitrogens with one attached hydrogen (secondary N) is 1. The first-order valence-electron chi connectivity index (χ1n) is 6.38. The van der Waals surface area contributed by atoms with Gasteiger partial charge < -0.3 is 14.8 Å². The average Bonchev–Trinajstić information content (AvgIpc) is 2.44. The highest BCUT2D eigenvalue weighted by Gasteiger charge is 2.03. The molecule has 104 valence electrons. The van der Waals surface area contributed by atoms with Gasteiger partial charge in [-0.3, -0.25) is 0 Å². The van der Waals surface area contributed by atoms with Crippen LogP contribution in [0.2, 0.25) is 0 Å². The number of esters is 1. The van der Waals surface area contributed by atoms with Gasteiger partial charge in [0.2, 0.25) is 0 Å². The molecule has 0 aliphatic rings. The van der Waals surface area contributed by atoms with Gasteiger partial charge in [-0.15, -0.1) is 0 Å². The van der Waals surface area contributed by atoms with Crippen molar-refractivity contribution in [3.8, 4) is 5.75 Å². The Bertz CT molecular complexity index is 412. The molecule has 0 heterocycles. The van der Waals surface area contributed by atoms with Gasteiger partial charge in [-0.25, -0.2) is 4.79 Å². The summed E-state index contributed by atoms with van der Waals surface area (Å²) >= 11 is 0. The number of methoxy groups -OCH3 is 1. The zero-order valence-corrected chi connectivity index (χ0v) is 11.7. The number of hydrogen-bond acceptors (Lipinski definition) is 4. The summed E-state index contributed by atoms with van der Waals surface area (Å²) in [5, 5.41) is 3.30. The molecule has 4 nitrogen and oxygen atoms in total. The van der Waals surface area contributed by atoms with E-state index in [4.69, 9.17) is 9.47 Å². The third-order valence-corrected chi connectivity index (χ3v) is 2.70. The van der Waals surface area contributed by atoms with Crippen molar-refractivity contribution in [1.82, 2.24) is 5.32 Å². The van der Waals surface area contributed by atoms with E-state index in [0.29, 0.717) is 13.2 Å². The van der Waals surface area contributed by atoms with Gasteiger partial charge in [0.05, 0.1) is 13.7 Å². The molecule has 1 aromatic rings. The lowest BCUT2D eigenvalue weighted by molar-refractivity contribution is -0.137. The third-order valence-electron chi connectivity index (χ3n) is 2.70. The second kappa shape index (κ2) is 8.32. The van der Waals surface area contributed by atoms with Crippen molar-refractivity contribution < 1.29 is 14.3 Å². The topological polar surface area (TPSA) is 47.6 Å². The van der Waals surface area contributed by atoms with Crippen molar-refractivity contribution in [2.75, 3.05) is 20.3 Å². The molecule has 0 aliphatic carbocycles. The maximum Gasteiger partial charge on any atom is 0.330 e. The lowest BCUT2D eigenvalue weighted by Gasteiger charge is -2.13. The number of benzene rings is 1. The fourth-order valence-corrected chi connectivity index (χ4v) is 1.60. The van der Waals surface area contributed by atoms with E-state index in [1.807, 2.05) is 24.3 Å². The molecule has 1 aromatic carbocycles. The van der Waals surface area contributed by atoms with Crippen LogP contribution in [0.3, 0.4) is 0 Å². The van der Waals surface area contributed by atoms with Crippen LogP contribution in [-0.2, 0) is 9.53 Å². The number of carbonyl (C=O) groups excluding carboxylic acids is 1. The monoisotopic (exact) mass is 263 g/mol. The Balaban J connectivity index is 2.38. The number of ether oxygens (including phenoxy) is 2. The van der Waals surface area contributed by atoms with E-state index in [1.165, 1.54) is 11.6 Å². The smallest absolute Gasteiger partial charge is 0.330 e. The van der Waals surface area contributed by atoms with Crippen LogP contribution in [0, 0.1) is 0 Å². The van der Waals surface area contributed by atoms with Crippen LogP contribution >= 0.6 is 0 Å².